The van der Waals surface area contributed by atoms with Crippen molar-refractivity contribution in [1.29, 1.82) is 0 Å². The van der Waals surface area contributed by atoms with Crippen molar-refractivity contribution in [3.05, 3.63) is 75.1 Å². The van der Waals surface area contributed by atoms with Gasteiger partial charge in [-0.05, 0) is 30.3 Å². The lowest BCUT2D eigenvalue weighted by atomic mass is 10.2. The first-order valence-corrected chi connectivity index (χ1v) is 6.81. The van der Waals surface area contributed by atoms with Gasteiger partial charge >= 0.3 is 0 Å². The summed E-state index contributed by atoms with van der Waals surface area (Å²) in [5.41, 5.74) is -0.514. The Kier molecular flexibility index (Phi) is 3.83. The van der Waals surface area contributed by atoms with Crippen LogP contribution in [0.5, 0.6) is 0 Å². The van der Waals surface area contributed by atoms with Crippen LogP contribution in [0, 0.1) is 11.6 Å². The monoisotopic (exact) mass is 335 g/mol. The van der Waals surface area contributed by atoms with Crippen LogP contribution in [0.2, 0.25) is 5.02 Å². The summed E-state index contributed by atoms with van der Waals surface area (Å²) in [7, 11) is 0. The average Bonchev–Trinajstić information content (AvgIpc) is 2.50. The Hall–Kier alpha value is -2.73. The Bertz CT molecular complexity index is 985. The third kappa shape index (κ3) is 3.07. The van der Waals surface area contributed by atoms with E-state index in [0.717, 1.165) is 18.2 Å². The van der Waals surface area contributed by atoms with Gasteiger partial charge in [-0.3, -0.25) is 9.59 Å². The van der Waals surface area contributed by atoms with Gasteiger partial charge in [0.1, 0.15) is 17.2 Å². The van der Waals surface area contributed by atoms with Crippen molar-refractivity contribution in [2.24, 2.45) is 0 Å². The fourth-order valence-corrected chi connectivity index (χ4v) is 2.19. The van der Waals surface area contributed by atoms with Crippen LogP contribution in [-0.4, -0.2) is 5.91 Å². The van der Waals surface area contributed by atoms with E-state index in [2.05, 4.69) is 5.32 Å². The molecule has 3 rings (SSSR count). The molecule has 0 aliphatic heterocycles. The van der Waals surface area contributed by atoms with E-state index in [0.29, 0.717) is 11.1 Å². The summed E-state index contributed by atoms with van der Waals surface area (Å²) in [5, 5.41) is 2.80. The molecule has 1 amide bonds. The van der Waals surface area contributed by atoms with Crippen LogP contribution in [0.15, 0.2) is 51.7 Å². The molecule has 3 aromatic rings. The van der Waals surface area contributed by atoms with Crippen LogP contribution in [0.25, 0.3) is 11.0 Å². The van der Waals surface area contributed by atoms with E-state index in [4.69, 9.17) is 16.0 Å². The highest BCUT2D eigenvalue weighted by Gasteiger charge is 2.15. The molecular formula is C16H8ClF2NO3. The average molecular weight is 336 g/mol. The molecule has 23 heavy (non-hydrogen) atoms. The summed E-state index contributed by atoms with van der Waals surface area (Å²) >= 11 is 5.80. The largest absolute Gasteiger partial charge is 0.451 e. The van der Waals surface area contributed by atoms with Crippen molar-refractivity contribution in [1.82, 2.24) is 0 Å². The molecule has 0 spiro atoms. The molecule has 1 aromatic heterocycles. The zero-order valence-electron chi connectivity index (χ0n) is 11.4. The molecular weight excluding hydrogens is 328 g/mol. The number of halogens is 3. The predicted octanol–water partition coefficient (Wildman–Crippen LogP) is 3.98. The minimum absolute atomic E-state index is 0.173. The Balaban J connectivity index is 1.98. The van der Waals surface area contributed by atoms with Gasteiger partial charge in [-0.1, -0.05) is 11.6 Å². The van der Waals surface area contributed by atoms with Gasteiger partial charge in [0, 0.05) is 17.2 Å². The second kappa shape index (κ2) is 5.81. The number of rotatable bonds is 2. The molecule has 7 heteroatoms. The molecule has 0 aliphatic rings. The number of carbonyl (C=O) groups is 1. The number of anilines is 1. The first kappa shape index (κ1) is 15.2. The van der Waals surface area contributed by atoms with E-state index < -0.39 is 23.0 Å². The van der Waals surface area contributed by atoms with Crippen molar-refractivity contribution in [2.75, 3.05) is 5.32 Å². The van der Waals surface area contributed by atoms with Gasteiger partial charge in [0.25, 0.3) is 5.91 Å². The molecule has 0 saturated heterocycles. The van der Waals surface area contributed by atoms with Gasteiger partial charge < -0.3 is 9.73 Å². The standard InChI is InChI=1S/C16H8ClF2NO3/c17-8-1-4-14-10(5-8)13(21)7-15(23-14)16(22)20-12-3-2-9(18)6-11(12)19/h1-7H,(H,20,22). The van der Waals surface area contributed by atoms with Crippen molar-refractivity contribution < 1.29 is 18.0 Å². The molecule has 0 bridgehead atoms. The van der Waals surface area contributed by atoms with Crippen LogP contribution in [0.1, 0.15) is 10.6 Å². The number of fused-ring (bicyclic) bond motifs is 1. The van der Waals surface area contributed by atoms with Crippen molar-refractivity contribution >= 4 is 34.2 Å². The van der Waals surface area contributed by atoms with Crippen LogP contribution in [0.4, 0.5) is 14.5 Å². The first-order valence-electron chi connectivity index (χ1n) is 6.44. The van der Waals surface area contributed by atoms with E-state index in [9.17, 15) is 18.4 Å². The quantitative estimate of drug-likeness (QED) is 0.770. The smallest absolute Gasteiger partial charge is 0.291 e. The van der Waals surface area contributed by atoms with Gasteiger partial charge in [-0.2, -0.15) is 0 Å². The highest BCUT2D eigenvalue weighted by molar-refractivity contribution is 6.31. The third-order valence-corrected chi connectivity index (χ3v) is 3.33. The fourth-order valence-electron chi connectivity index (χ4n) is 2.02. The molecule has 0 saturated carbocycles. The van der Waals surface area contributed by atoms with Crippen LogP contribution < -0.4 is 10.7 Å². The molecule has 116 valence electrons. The summed E-state index contributed by atoms with van der Waals surface area (Å²) in [5.74, 6) is -2.83. The van der Waals surface area contributed by atoms with Crippen LogP contribution in [-0.2, 0) is 0 Å². The highest BCUT2D eigenvalue weighted by Crippen LogP contribution is 2.19. The number of amides is 1. The maximum Gasteiger partial charge on any atom is 0.291 e. The van der Waals surface area contributed by atoms with Crippen LogP contribution >= 0.6 is 11.6 Å². The normalized spacial score (nSPS) is 10.7. The van der Waals surface area contributed by atoms with Gasteiger partial charge in [0.15, 0.2) is 11.2 Å². The van der Waals surface area contributed by atoms with Crippen molar-refractivity contribution in [2.45, 2.75) is 0 Å². The zero-order valence-corrected chi connectivity index (χ0v) is 12.2. The molecule has 1 N–H and O–H groups in total. The summed E-state index contributed by atoms with van der Waals surface area (Å²) in [6.07, 6.45) is 0. The number of nitrogens with one attached hydrogen (secondary N) is 1. The molecule has 0 aliphatic carbocycles. The van der Waals surface area contributed by atoms with E-state index in [-0.39, 0.29) is 22.4 Å². The lowest BCUT2D eigenvalue weighted by molar-refractivity contribution is 0.0996. The first-order chi connectivity index (χ1) is 10.9. The van der Waals surface area contributed by atoms with Gasteiger partial charge in [0.05, 0.1) is 11.1 Å². The fraction of sp³-hybridized carbons (Fsp3) is 0. The number of hydrogen-bond acceptors (Lipinski definition) is 3. The second-order valence-electron chi connectivity index (χ2n) is 4.69. The molecule has 2 aromatic carbocycles. The second-order valence-corrected chi connectivity index (χ2v) is 5.13. The Morgan fingerprint density at radius 2 is 1.87 bits per heavy atom. The number of carbonyl (C=O) groups excluding carboxylic acids is 1. The minimum atomic E-state index is -0.937. The zero-order chi connectivity index (χ0) is 16.6. The van der Waals surface area contributed by atoms with E-state index in [1.165, 1.54) is 18.2 Å². The van der Waals surface area contributed by atoms with Gasteiger partial charge in [-0.15, -0.1) is 0 Å². The van der Waals surface area contributed by atoms with E-state index >= 15 is 0 Å². The SMILES string of the molecule is O=C(Nc1ccc(F)cc1F)c1cc(=O)c2cc(Cl)ccc2o1. The summed E-state index contributed by atoms with van der Waals surface area (Å²) in [4.78, 5) is 24.1. The van der Waals surface area contributed by atoms with Crippen molar-refractivity contribution in [3.8, 4) is 0 Å². The molecule has 0 fully saturated rings. The molecule has 0 radical (unpaired) electrons. The number of benzene rings is 2. The Morgan fingerprint density at radius 3 is 2.61 bits per heavy atom. The Labute approximate surface area is 133 Å². The Morgan fingerprint density at radius 1 is 1.09 bits per heavy atom. The van der Waals surface area contributed by atoms with Gasteiger partial charge in [0.2, 0.25) is 0 Å². The predicted molar refractivity (Wildman–Crippen MR) is 81.8 cm³/mol. The van der Waals surface area contributed by atoms with E-state index in [1.54, 1.807) is 0 Å². The summed E-state index contributed by atoms with van der Waals surface area (Å²) in [6.45, 7) is 0. The number of hydrogen-bond donors (Lipinski definition) is 1. The molecule has 0 unspecified atom stereocenters. The summed E-state index contributed by atoms with van der Waals surface area (Å²) < 4.78 is 31.7. The van der Waals surface area contributed by atoms with Crippen molar-refractivity contribution in [3.63, 3.8) is 0 Å². The molecule has 4 nitrogen and oxygen atoms in total. The topological polar surface area (TPSA) is 59.3 Å². The lowest BCUT2D eigenvalue weighted by Gasteiger charge is -2.06. The minimum Gasteiger partial charge on any atom is -0.451 e. The molecule has 1 heterocycles. The van der Waals surface area contributed by atoms with Gasteiger partial charge in [-0.25, -0.2) is 8.78 Å². The van der Waals surface area contributed by atoms with E-state index in [1.807, 2.05) is 0 Å². The third-order valence-electron chi connectivity index (χ3n) is 3.09. The highest BCUT2D eigenvalue weighted by atomic mass is 35.5. The molecule has 0 atom stereocenters. The summed E-state index contributed by atoms with van der Waals surface area (Å²) in [6, 6.07) is 8.06. The maximum absolute atomic E-state index is 13.5. The van der Waals surface area contributed by atoms with Crippen LogP contribution in [0.3, 0.4) is 0 Å². The maximum atomic E-state index is 13.5. The lowest BCUT2D eigenvalue weighted by Crippen LogP contribution is -2.15.